The van der Waals surface area contributed by atoms with Crippen LogP contribution in [-0.4, -0.2) is 8.42 Å². The maximum atomic E-state index is 12.5. The molecule has 6 heteroatoms. The molecule has 0 bridgehead atoms. The van der Waals surface area contributed by atoms with Crippen molar-refractivity contribution >= 4 is 31.6 Å². The molecule has 0 spiro atoms. The molecule has 0 aliphatic carbocycles. The summed E-state index contributed by atoms with van der Waals surface area (Å²) in [6, 6.07) is 10.6. The van der Waals surface area contributed by atoms with Crippen molar-refractivity contribution in [1.29, 1.82) is 0 Å². The zero-order valence-electron chi connectivity index (χ0n) is 11.5. The first kappa shape index (κ1) is 14.6. The van der Waals surface area contributed by atoms with Crippen molar-refractivity contribution < 1.29 is 8.42 Å². The van der Waals surface area contributed by atoms with Gasteiger partial charge in [0.15, 0.2) is 0 Å². The van der Waals surface area contributed by atoms with Crippen LogP contribution in [0.2, 0.25) is 0 Å². The highest BCUT2D eigenvalue weighted by Gasteiger charge is 2.18. The molecule has 0 aromatic heterocycles. The molecular formula is C15H15BrN2O2S. The van der Waals surface area contributed by atoms with E-state index in [9.17, 15) is 8.42 Å². The van der Waals surface area contributed by atoms with Crippen LogP contribution < -0.4 is 10.0 Å². The molecule has 0 fully saturated rings. The number of fused-ring (bicyclic) bond motifs is 1. The average Bonchev–Trinajstić information content (AvgIpc) is 2.90. The lowest BCUT2D eigenvalue weighted by Crippen LogP contribution is -2.13. The number of rotatable bonds is 3. The monoisotopic (exact) mass is 366 g/mol. The summed E-state index contributed by atoms with van der Waals surface area (Å²) in [5.74, 6) is 0. The summed E-state index contributed by atoms with van der Waals surface area (Å²) >= 11 is 3.41. The third kappa shape index (κ3) is 2.97. The van der Waals surface area contributed by atoms with Gasteiger partial charge in [-0.05, 0) is 47.9 Å². The van der Waals surface area contributed by atoms with E-state index < -0.39 is 10.0 Å². The molecule has 0 radical (unpaired) electrons. The van der Waals surface area contributed by atoms with Crippen LogP contribution >= 0.6 is 15.9 Å². The van der Waals surface area contributed by atoms with Crippen LogP contribution in [0, 0.1) is 6.92 Å². The molecule has 0 unspecified atom stereocenters. The van der Waals surface area contributed by atoms with Crippen molar-refractivity contribution in [1.82, 2.24) is 5.32 Å². The lowest BCUT2D eigenvalue weighted by atomic mass is 10.1. The number of sulfonamides is 1. The Kier molecular flexibility index (Phi) is 3.77. The molecule has 4 nitrogen and oxygen atoms in total. The Morgan fingerprint density at radius 2 is 1.86 bits per heavy atom. The largest absolute Gasteiger partial charge is 0.309 e. The zero-order valence-corrected chi connectivity index (χ0v) is 13.9. The van der Waals surface area contributed by atoms with E-state index >= 15 is 0 Å². The van der Waals surface area contributed by atoms with E-state index in [4.69, 9.17) is 0 Å². The standard InChI is InChI=1S/C15H15BrN2O2S/c1-10-2-4-13(7-15(10)16)18-21(19,20)14-5-3-11-8-17-9-12(11)6-14/h2-7,17-18H,8-9H2,1H3. The van der Waals surface area contributed by atoms with Crippen molar-refractivity contribution in [2.24, 2.45) is 0 Å². The van der Waals surface area contributed by atoms with Crippen LogP contribution in [-0.2, 0) is 23.1 Å². The fourth-order valence-electron chi connectivity index (χ4n) is 2.31. The molecule has 1 heterocycles. The molecule has 2 aromatic carbocycles. The lowest BCUT2D eigenvalue weighted by Gasteiger charge is -2.10. The van der Waals surface area contributed by atoms with Crippen LogP contribution in [0.4, 0.5) is 5.69 Å². The average molecular weight is 367 g/mol. The van der Waals surface area contributed by atoms with Crippen LogP contribution in [0.1, 0.15) is 16.7 Å². The first-order valence-corrected chi connectivity index (χ1v) is 8.85. The zero-order chi connectivity index (χ0) is 15.0. The van der Waals surface area contributed by atoms with E-state index in [1.54, 1.807) is 24.3 Å². The second-order valence-electron chi connectivity index (χ2n) is 5.10. The Morgan fingerprint density at radius 3 is 2.62 bits per heavy atom. The summed E-state index contributed by atoms with van der Waals surface area (Å²) in [5.41, 5.74) is 3.81. The molecule has 0 amide bonds. The van der Waals surface area contributed by atoms with E-state index in [1.165, 1.54) is 0 Å². The highest BCUT2D eigenvalue weighted by Crippen LogP contribution is 2.25. The summed E-state index contributed by atoms with van der Waals surface area (Å²) in [4.78, 5) is 0.293. The topological polar surface area (TPSA) is 58.2 Å². The summed E-state index contributed by atoms with van der Waals surface area (Å²) in [7, 11) is -3.56. The Hall–Kier alpha value is -1.37. The fraction of sp³-hybridized carbons (Fsp3) is 0.200. The van der Waals surface area contributed by atoms with Crippen LogP contribution in [0.15, 0.2) is 45.8 Å². The maximum Gasteiger partial charge on any atom is 0.261 e. The number of anilines is 1. The molecule has 1 aliphatic rings. The van der Waals surface area contributed by atoms with Gasteiger partial charge in [-0.1, -0.05) is 28.1 Å². The SMILES string of the molecule is Cc1ccc(NS(=O)(=O)c2ccc3c(c2)CNC3)cc1Br. The second kappa shape index (κ2) is 5.44. The number of benzene rings is 2. The minimum Gasteiger partial charge on any atom is -0.309 e. The maximum absolute atomic E-state index is 12.5. The van der Waals surface area contributed by atoms with Gasteiger partial charge in [-0.15, -0.1) is 0 Å². The second-order valence-corrected chi connectivity index (χ2v) is 7.64. The molecule has 110 valence electrons. The van der Waals surface area contributed by atoms with Gasteiger partial charge in [-0.2, -0.15) is 0 Å². The quantitative estimate of drug-likeness (QED) is 0.876. The van der Waals surface area contributed by atoms with Gasteiger partial charge in [-0.25, -0.2) is 8.42 Å². The molecule has 2 N–H and O–H groups in total. The molecule has 0 saturated carbocycles. The fourth-order valence-corrected chi connectivity index (χ4v) is 3.79. The molecule has 3 rings (SSSR count). The van der Waals surface area contributed by atoms with Gasteiger partial charge < -0.3 is 5.32 Å². The number of hydrogen-bond donors (Lipinski definition) is 2. The lowest BCUT2D eigenvalue weighted by molar-refractivity contribution is 0.601. The minimum absolute atomic E-state index is 0.293. The van der Waals surface area contributed by atoms with Crippen molar-refractivity contribution in [3.63, 3.8) is 0 Å². The normalized spacial score (nSPS) is 14.0. The van der Waals surface area contributed by atoms with Gasteiger partial charge in [0.1, 0.15) is 0 Å². The van der Waals surface area contributed by atoms with E-state index in [0.29, 0.717) is 10.6 Å². The Labute approximate surface area is 132 Å². The van der Waals surface area contributed by atoms with E-state index in [0.717, 1.165) is 34.3 Å². The molecule has 2 aromatic rings. The molecular weight excluding hydrogens is 352 g/mol. The van der Waals surface area contributed by atoms with Gasteiger partial charge >= 0.3 is 0 Å². The predicted molar refractivity (Wildman–Crippen MR) is 86.7 cm³/mol. The van der Waals surface area contributed by atoms with Crippen molar-refractivity contribution in [3.05, 3.63) is 57.6 Å². The molecule has 21 heavy (non-hydrogen) atoms. The van der Waals surface area contributed by atoms with E-state index in [2.05, 4.69) is 26.0 Å². The number of hydrogen-bond acceptors (Lipinski definition) is 3. The third-order valence-corrected chi connectivity index (χ3v) is 5.78. The van der Waals surface area contributed by atoms with E-state index in [1.807, 2.05) is 19.1 Å². The third-order valence-electron chi connectivity index (χ3n) is 3.54. The molecule has 0 atom stereocenters. The Bertz CT molecular complexity index is 803. The summed E-state index contributed by atoms with van der Waals surface area (Å²) < 4.78 is 28.4. The van der Waals surface area contributed by atoms with E-state index in [-0.39, 0.29) is 0 Å². The van der Waals surface area contributed by atoms with Crippen LogP contribution in [0.25, 0.3) is 0 Å². The summed E-state index contributed by atoms with van der Waals surface area (Å²) in [6.45, 7) is 3.47. The summed E-state index contributed by atoms with van der Waals surface area (Å²) in [6.07, 6.45) is 0. The Balaban J connectivity index is 1.91. The predicted octanol–water partition coefficient (Wildman–Crippen LogP) is 3.16. The minimum atomic E-state index is -3.56. The summed E-state index contributed by atoms with van der Waals surface area (Å²) in [5, 5.41) is 3.21. The van der Waals surface area contributed by atoms with Gasteiger partial charge in [0.2, 0.25) is 0 Å². The van der Waals surface area contributed by atoms with Crippen molar-refractivity contribution in [2.45, 2.75) is 24.9 Å². The Morgan fingerprint density at radius 1 is 1.10 bits per heavy atom. The van der Waals surface area contributed by atoms with Gasteiger partial charge in [0.25, 0.3) is 10.0 Å². The van der Waals surface area contributed by atoms with Crippen LogP contribution in [0.3, 0.4) is 0 Å². The van der Waals surface area contributed by atoms with Crippen molar-refractivity contribution in [2.75, 3.05) is 4.72 Å². The van der Waals surface area contributed by atoms with Gasteiger partial charge in [0, 0.05) is 23.2 Å². The first-order chi connectivity index (χ1) is 9.95. The van der Waals surface area contributed by atoms with Crippen molar-refractivity contribution in [3.8, 4) is 0 Å². The molecule has 1 aliphatic heterocycles. The number of halogens is 1. The van der Waals surface area contributed by atoms with Gasteiger partial charge in [-0.3, -0.25) is 4.72 Å². The van der Waals surface area contributed by atoms with Gasteiger partial charge in [0.05, 0.1) is 4.90 Å². The van der Waals surface area contributed by atoms with Crippen LogP contribution in [0.5, 0.6) is 0 Å². The highest BCUT2D eigenvalue weighted by atomic mass is 79.9. The first-order valence-electron chi connectivity index (χ1n) is 6.57. The molecule has 0 saturated heterocycles. The number of aryl methyl sites for hydroxylation is 1. The highest BCUT2D eigenvalue weighted by molar-refractivity contribution is 9.10. The number of nitrogens with one attached hydrogen (secondary N) is 2. The smallest absolute Gasteiger partial charge is 0.261 e.